The Morgan fingerprint density at radius 1 is 1.00 bits per heavy atom. The van der Waals surface area contributed by atoms with Crippen LogP contribution in [-0.2, 0) is 12.7 Å². The third kappa shape index (κ3) is 3.30. The molecule has 0 atom stereocenters. The van der Waals surface area contributed by atoms with Gasteiger partial charge in [-0.1, -0.05) is 24.3 Å². The molecule has 0 amide bonds. The zero-order valence-electron chi connectivity index (χ0n) is 12.5. The van der Waals surface area contributed by atoms with Crippen molar-refractivity contribution >= 4 is 0 Å². The maximum Gasteiger partial charge on any atom is 0.416 e. The van der Waals surface area contributed by atoms with E-state index in [4.69, 9.17) is 5.26 Å². The minimum absolute atomic E-state index is 0.516. The number of nitriles is 1. The van der Waals surface area contributed by atoms with E-state index in [1.807, 2.05) is 16.7 Å². The Morgan fingerprint density at radius 3 is 2.25 bits per heavy atom. The van der Waals surface area contributed by atoms with Gasteiger partial charge in [0.25, 0.3) is 0 Å². The summed E-state index contributed by atoms with van der Waals surface area (Å²) in [7, 11) is 0. The van der Waals surface area contributed by atoms with Gasteiger partial charge in [0, 0.05) is 24.5 Å². The van der Waals surface area contributed by atoms with Crippen LogP contribution in [-0.4, -0.2) is 9.55 Å². The molecule has 3 nitrogen and oxygen atoms in total. The van der Waals surface area contributed by atoms with Gasteiger partial charge in [0.2, 0.25) is 0 Å². The molecule has 6 heteroatoms. The van der Waals surface area contributed by atoms with Gasteiger partial charge >= 0.3 is 6.18 Å². The molecular weight excluding hydrogens is 315 g/mol. The summed E-state index contributed by atoms with van der Waals surface area (Å²) in [6, 6.07) is 14.1. The van der Waals surface area contributed by atoms with E-state index >= 15 is 0 Å². The van der Waals surface area contributed by atoms with Gasteiger partial charge in [-0.3, -0.25) is 0 Å². The lowest BCUT2D eigenvalue weighted by Crippen LogP contribution is -2.05. The van der Waals surface area contributed by atoms with Gasteiger partial charge in [0.15, 0.2) is 0 Å². The molecule has 0 spiro atoms. The minimum Gasteiger partial charge on any atom is -0.327 e. The second-order valence-electron chi connectivity index (χ2n) is 5.26. The average Bonchev–Trinajstić information content (AvgIpc) is 3.03. The lowest BCUT2D eigenvalue weighted by Gasteiger charge is -2.10. The molecule has 0 saturated carbocycles. The van der Waals surface area contributed by atoms with Crippen LogP contribution in [0.5, 0.6) is 0 Å². The summed E-state index contributed by atoms with van der Waals surface area (Å²) < 4.78 is 39.8. The number of nitrogens with zero attached hydrogens (tertiary/aromatic N) is 3. The molecule has 2 aromatic carbocycles. The van der Waals surface area contributed by atoms with Crippen LogP contribution < -0.4 is 0 Å². The van der Waals surface area contributed by atoms with E-state index in [1.165, 1.54) is 12.1 Å². The molecule has 0 radical (unpaired) electrons. The molecule has 24 heavy (non-hydrogen) atoms. The second kappa shape index (κ2) is 6.20. The number of alkyl halides is 3. The standard InChI is InChI=1S/C18H12F3N3/c19-18(20,21)16-7-5-15(6-8-16)17-23-9-10-24(17)12-14-3-1-13(11-22)2-4-14/h1-10H,12H2. The summed E-state index contributed by atoms with van der Waals surface area (Å²) in [6.45, 7) is 0.516. The molecule has 3 aromatic rings. The number of benzene rings is 2. The SMILES string of the molecule is N#Cc1ccc(Cn2ccnc2-c2ccc(C(F)(F)F)cc2)cc1. The van der Waals surface area contributed by atoms with Crippen molar-refractivity contribution < 1.29 is 13.2 Å². The van der Waals surface area contributed by atoms with Gasteiger partial charge in [-0.25, -0.2) is 4.98 Å². The predicted octanol–water partition coefficient (Wildman–Crippen LogP) is 4.49. The number of imidazole rings is 1. The molecule has 1 heterocycles. The van der Waals surface area contributed by atoms with Crippen LogP contribution in [0, 0.1) is 11.3 Å². The second-order valence-corrected chi connectivity index (χ2v) is 5.26. The largest absolute Gasteiger partial charge is 0.416 e. The van der Waals surface area contributed by atoms with Crippen LogP contribution in [0.1, 0.15) is 16.7 Å². The van der Waals surface area contributed by atoms with Crippen molar-refractivity contribution in [1.29, 1.82) is 5.26 Å². The molecule has 0 bridgehead atoms. The van der Waals surface area contributed by atoms with Gasteiger partial charge in [0.1, 0.15) is 5.82 Å². The van der Waals surface area contributed by atoms with E-state index in [9.17, 15) is 13.2 Å². The quantitative estimate of drug-likeness (QED) is 0.711. The smallest absolute Gasteiger partial charge is 0.327 e. The number of rotatable bonds is 3. The molecule has 1 aromatic heterocycles. The summed E-state index contributed by atoms with van der Waals surface area (Å²) in [5.74, 6) is 0.591. The van der Waals surface area contributed by atoms with Crippen molar-refractivity contribution in [3.05, 3.63) is 77.6 Å². The highest BCUT2D eigenvalue weighted by Gasteiger charge is 2.30. The van der Waals surface area contributed by atoms with Gasteiger partial charge in [-0.2, -0.15) is 18.4 Å². The highest BCUT2D eigenvalue weighted by atomic mass is 19.4. The molecule has 0 aliphatic carbocycles. The fourth-order valence-electron chi connectivity index (χ4n) is 2.39. The summed E-state index contributed by atoms with van der Waals surface area (Å²) >= 11 is 0. The van der Waals surface area contributed by atoms with Crippen LogP contribution in [0.3, 0.4) is 0 Å². The predicted molar refractivity (Wildman–Crippen MR) is 82.9 cm³/mol. The lowest BCUT2D eigenvalue weighted by molar-refractivity contribution is -0.137. The van der Waals surface area contributed by atoms with Crippen LogP contribution in [0.15, 0.2) is 60.9 Å². The van der Waals surface area contributed by atoms with E-state index < -0.39 is 11.7 Å². The molecule has 0 saturated heterocycles. The first-order chi connectivity index (χ1) is 11.5. The molecular formula is C18H12F3N3. The van der Waals surface area contributed by atoms with Crippen molar-refractivity contribution in [3.63, 3.8) is 0 Å². The molecule has 0 aliphatic rings. The first kappa shape index (κ1) is 15.8. The zero-order valence-corrected chi connectivity index (χ0v) is 12.5. The van der Waals surface area contributed by atoms with E-state index in [0.29, 0.717) is 23.5 Å². The van der Waals surface area contributed by atoms with Gasteiger partial charge in [-0.05, 0) is 29.8 Å². The third-order valence-electron chi connectivity index (χ3n) is 3.62. The molecule has 0 unspecified atom stereocenters. The van der Waals surface area contributed by atoms with Crippen molar-refractivity contribution in [2.24, 2.45) is 0 Å². The fourth-order valence-corrected chi connectivity index (χ4v) is 2.39. The van der Waals surface area contributed by atoms with Crippen molar-refractivity contribution in [1.82, 2.24) is 9.55 Å². The van der Waals surface area contributed by atoms with Gasteiger partial charge in [0.05, 0.1) is 17.2 Å². The van der Waals surface area contributed by atoms with E-state index in [-0.39, 0.29) is 0 Å². The Balaban J connectivity index is 1.86. The van der Waals surface area contributed by atoms with E-state index in [2.05, 4.69) is 11.1 Å². The van der Waals surface area contributed by atoms with Crippen molar-refractivity contribution in [2.45, 2.75) is 12.7 Å². The Kier molecular flexibility index (Phi) is 4.09. The number of aromatic nitrogens is 2. The fraction of sp³-hybridized carbons (Fsp3) is 0.111. The van der Waals surface area contributed by atoms with Crippen molar-refractivity contribution in [2.75, 3.05) is 0 Å². The topological polar surface area (TPSA) is 41.6 Å². The van der Waals surface area contributed by atoms with Crippen LogP contribution in [0.25, 0.3) is 11.4 Å². The first-order valence-corrected chi connectivity index (χ1v) is 7.15. The Bertz CT molecular complexity index is 870. The normalized spacial score (nSPS) is 11.2. The van der Waals surface area contributed by atoms with Crippen molar-refractivity contribution in [3.8, 4) is 17.5 Å². The van der Waals surface area contributed by atoms with Crippen LogP contribution in [0.4, 0.5) is 13.2 Å². The lowest BCUT2D eigenvalue weighted by atomic mass is 10.1. The van der Waals surface area contributed by atoms with Gasteiger partial charge < -0.3 is 4.57 Å². The highest BCUT2D eigenvalue weighted by Crippen LogP contribution is 2.30. The van der Waals surface area contributed by atoms with Crippen LogP contribution in [0.2, 0.25) is 0 Å². The Morgan fingerprint density at radius 2 is 1.67 bits per heavy atom. The number of halogens is 3. The van der Waals surface area contributed by atoms with Gasteiger partial charge in [-0.15, -0.1) is 0 Å². The third-order valence-corrected chi connectivity index (χ3v) is 3.62. The first-order valence-electron chi connectivity index (χ1n) is 7.15. The monoisotopic (exact) mass is 327 g/mol. The van der Waals surface area contributed by atoms with E-state index in [0.717, 1.165) is 17.7 Å². The summed E-state index contributed by atoms with van der Waals surface area (Å²) in [5.41, 5.74) is 1.48. The molecule has 3 rings (SSSR count). The molecule has 120 valence electrons. The maximum atomic E-state index is 12.6. The molecule has 0 N–H and O–H groups in total. The summed E-state index contributed by atoms with van der Waals surface area (Å²) in [6.07, 6.45) is -0.974. The Hall–Kier alpha value is -3.07. The highest BCUT2D eigenvalue weighted by molar-refractivity contribution is 5.56. The molecule has 0 fully saturated rings. The summed E-state index contributed by atoms with van der Waals surface area (Å²) in [5, 5.41) is 8.81. The summed E-state index contributed by atoms with van der Waals surface area (Å²) in [4.78, 5) is 4.24. The Labute approximate surface area is 136 Å². The van der Waals surface area contributed by atoms with Crippen LogP contribution >= 0.6 is 0 Å². The average molecular weight is 327 g/mol. The van der Waals surface area contributed by atoms with E-state index in [1.54, 1.807) is 24.5 Å². The molecule has 0 aliphatic heterocycles. The minimum atomic E-state index is -4.35. The maximum absolute atomic E-state index is 12.6. The number of hydrogen-bond donors (Lipinski definition) is 0. The zero-order chi connectivity index (χ0) is 17.2. The number of hydrogen-bond acceptors (Lipinski definition) is 2.